The van der Waals surface area contributed by atoms with Crippen molar-refractivity contribution in [1.29, 1.82) is 0 Å². The number of rotatable bonds is 8. The van der Waals surface area contributed by atoms with Gasteiger partial charge in [0.15, 0.2) is 6.29 Å². The van der Waals surface area contributed by atoms with E-state index in [2.05, 4.69) is 47.3 Å². The largest absolute Gasteiger partial charge is 0.458 e. The number of carbonyl (C=O) groups is 1. The number of allylic oxidation sites excluding steroid dienone is 1. The highest BCUT2D eigenvalue weighted by Gasteiger charge is 2.64. The Kier molecular flexibility index (Phi) is 9.85. The molecule has 0 aromatic heterocycles. The molecule has 5 aliphatic rings. The first-order chi connectivity index (χ1) is 20.6. The quantitative estimate of drug-likeness (QED) is 0.223. The van der Waals surface area contributed by atoms with Crippen LogP contribution in [0.15, 0.2) is 23.8 Å². The molecule has 44 heavy (non-hydrogen) atoms. The van der Waals surface area contributed by atoms with Crippen molar-refractivity contribution in [2.24, 2.45) is 46.3 Å². The summed E-state index contributed by atoms with van der Waals surface area (Å²) in [6.07, 6.45) is 2.81. The van der Waals surface area contributed by atoms with Crippen molar-refractivity contribution >= 4 is 5.97 Å². The van der Waals surface area contributed by atoms with E-state index < -0.39 is 30.7 Å². The number of hydrogen-bond donors (Lipinski definition) is 4. The van der Waals surface area contributed by atoms with Crippen molar-refractivity contribution in [3.8, 4) is 0 Å². The normalized spacial score (nSPS) is 47.7. The van der Waals surface area contributed by atoms with Crippen molar-refractivity contribution in [2.75, 3.05) is 0 Å². The van der Waals surface area contributed by atoms with Crippen molar-refractivity contribution < 1.29 is 39.4 Å². The highest BCUT2D eigenvalue weighted by molar-refractivity contribution is 5.66. The molecule has 1 heterocycles. The molecular formula is C36H58O8. The Hall–Kier alpha value is -1.29. The second kappa shape index (κ2) is 12.7. The van der Waals surface area contributed by atoms with Gasteiger partial charge < -0.3 is 34.6 Å². The molecule has 5 rings (SSSR count). The molecule has 0 aromatic carbocycles. The Morgan fingerprint density at radius 3 is 2.43 bits per heavy atom. The van der Waals surface area contributed by atoms with E-state index in [-0.39, 0.29) is 52.9 Å². The van der Waals surface area contributed by atoms with Crippen molar-refractivity contribution in [3.63, 3.8) is 0 Å². The van der Waals surface area contributed by atoms with Gasteiger partial charge in [0.25, 0.3) is 0 Å². The molecule has 0 bridgehead atoms. The Balaban J connectivity index is 1.38. The predicted molar refractivity (Wildman–Crippen MR) is 167 cm³/mol. The van der Waals surface area contributed by atoms with E-state index >= 15 is 0 Å². The number of carbonyl (C=O) groups excluding carboxylic acids is 1. The van der Waals surface area contributed by atoms with Crippen LogP contribution in [0.4, 0.5) is 0 Å². The maximum absolute atomic E-state index is 12.5. The lowest BCUT2D eigenvalue weighted by atomic mass is 9.46. The smallest absolute Gasteiger partial charge is 0.303 e. The first kappa shape index (κ1) is 34.1. The molecule has 0 unspecified atom stereocenters. The van der Waals surface area contributed by atoms with Crippen LogP contribution in [-0.4, -0.2) is 75.4 Å². The van der Waals surface area contributed by atoms with E-state index in [4.69, 9.17) is 14.2 Å². The van der Waals surface area contributed by atoms with Gasteiger partial charge in [-0.05, 0) is 105 Å². The molecule has 0 amide bonds. The summed E-state index contributed by atoms with van der Waals surface area (Å²) in [4.78, 5) is 12.5. The Morgan fingerprint density at radius 2 is 1.77 bits per heavy atom. The third kappa shape index (κ3) is 5.97. The minimum atomic E-state index is -1.34. The van der Waals surface area contributed by atoms with Crippen LogP contribution < -0.4 is 0 Å². The van der Waals surface area contributed by atoms with Crippen LogP contribution in [-0.2, 0) is 19.0 Å². The minimum Gasteiger partial charge on any atom is -0.458 e. The van der Waals surface area contributed by atoms with E-state index in [9.17, 15) is 25.2 Å². The second-order valence-corrected chi connectivity index (χ2v) is 15.9. The summed E-state index contributed by atoms with van der Waals surface area (Å²) in [6, 6.07) is 0. The SMILES string of the molecule is C=C(CC[C@@H](C)[C@H]1[C@@H](O)C[C@@H]2[C@@H]3[C@@H](OC(C)=O)C=C4C[C@@H](O[C@@H]5O[C@@H](C)[C@@H](O)[C@H](O)[C@H]5O)CC[C@]4(C)[C@H]3CC[C@]12C)C(C)C. The maximum atomic E-state index is 12.5. The molecule has 0 spiro atoms. The molecule has 3 saturated carbocycles. The zero-order chi connectivity index (χ0) is 32.3. The summed E-state index contributed by atoms with van der Waals surface area (Å²) in [5.74, 6) is 1.46. The summed E-state index contributed by atoms with van der Waals surface area (Å²) in [5.41, 5.74) is 2.38. The zero-order valence-electron chi connectivity index (χ0n) is 27.9. The lowest BCUT2D eigenvalue weighted by Crippen LogP contribution is -2.58. The predicted octanol–water partition coefficient (Wildman–Crippen LogP) is 4.92. The average molecular weight is 619 g/mol. The highest BCUT2D eigenvalue weighted by Crippen LogP contribution is 2.67. The van der Waals surface area contributed by atoms with Crippen molar-refractivity contribution in [3.05, 3.63) is 23.8 Å². The van der Waals surface area contributed by atoms with Gasteiger partial charge in [0.1, 0.15) is 24.4 Å². The fourth-order valence-electron chi connectivity index (χ4n) is 10.3. The second-order valence-electron chi connectivity index (χ2n) is 15.9. The molecule has 250 valence electrons. The zero-order valence-corrected chi connectivity index (χ0v) is 27.9. The van der Waals surface area contributed by atoms with Crippen LogP contribution in [0.2, 0.25) is 0 Å². The standard InChI is InChI=1S/C36H58O8/c1-18(2)19(3)9-10-20(4)30-27(38)17-26-29-25(12-14-36(26,30)8)35(7)13-11-24(15-23(35)16-28(29)43-22(6)37)44-34-33(41)32(40)31(39)21(5)42-34/h16,18,20-21,24-34,38-41H,3,9-15,17H2,1-2,4-8H3/t20-,21+,24+,25+,26-,27+,28+,29-,30+,31-,32+,33-,34+,35+,36+/m1/s1. The highest BCUT2D eigenvalue weighted by atomic mass is 16.7. The summed E-state index contributed by atoms with van der Waals surface area (Å²) < 4.78 is 18.1. The first-order valence-corrected chi connectivity index (χ1v) is 17.2. The third-order valence-electron chi connectivity index (χ3n) is 13.0. The monoisotopic (exact) mass is 618 g/mol. The average Bonchev–Trinajstić information content (AvgIpc) is 3.23. The van der Waals surface area contributed by atoms with Gasteiger partial charge in [0.2, 0.25) is 0 Å². The summed E-state index contributed by atoms with van der Waals surface area (Å²) in [5, 5.41) is 42.6. The van der Waals surface area contributed by atoms with Gasteiger partial charge >= 0.3 is 5.97 Å². The van der Waals surface area contributed by atoms with Gasteiger partial charge in [0.05, 0.1) is 18.3 Å². The van der Waals surface area contributed by atoms with Crippen LogP contribution in [0.25, 0.3) is 0 Å². The van der Waals surface area contributed by atoms with E-state index in [1.807, 2.05) is 0 Å². The third-order valence-corrected chi connectivity index (χ3v) is 13.0. The van der Waals surface area contributed by atoms with Crippen LogP contribution >= 0.6 is 0 Å². The lowest BCUT2D eigenvalue weighted by Gasteiger charge is -2.60. The van der Waals surface area contributed by atoms with Gasteiger partial charge in [-0.2, -0.15) is 0 Å². The van der Waals surface area contributed by atoms with E-state index in [0.717, 1.165) is 44.9 Å². The molecule has 15 atom stereocenters. The molecule has 0 aromatic rings. The Labute approximate surface area is 264 Å². The molecular weight excluding hydrogens is 560 g/mol. The van der Waals surface area contributed by atoms with Crippen LogP contribution in [0.5, 0.6) is 0 Å². The van der Waals surface area contributed by atoms with Crippen molar-refractivity contribution in [2.45, 2.75) is 149 Å². The molecule has 4 aliphatic carbocycles. The molecule has 8 nitrogen and oxygen atoms in total. The number of esters is 1. The molecule has 4 fully saturated rings. The molecule has 8 heteroatoms. The molecule has 1 saturated heterocycles. The van der Waals surface area contributed by atoms with E-state index in [0.29, 0.717) is 24.2 Å². The fraction of sp³-hybridized carbons (Fsp3) is 0.861. The van der Waals surface area contributed by atoms with E-state index in [1.165, 1.54) is 18.1 Å². The lowest BCUT2D eigenvalue weighted by molar-refractivity contribution is -0.306. The van der Waals surface area contributed by atoms with Gasteiger partial charge in [-0.1, -0.05) is 52.3 Å². The van der Waals surface area contributed by atoms with Gasteiger partial charge in [-0.25, -0.2) is 0 Å². The topological polar surface area (TPSA) is 126 Å². The number of ether oxygens (including phenoxy) is 3. The van der Waals surface area contributed by atoms with Gasteiger partial charge in [-0.3, -0.25) is 4.79 Å². The number of aliphatic hydroxyl groups excluding tert-OH is 4. The number of fused-ring (bicyclic) bond motifs is 5. The van der Waals surface area contributed by atoms with E-state index in [1.54, 1.807) is 6.92 Å². The molecule has 0 radical (unpaired) electrons. The number of hydrogen-bond acceptors (Lipinski definition) is 8. The summed E-state index contributed by atoms with van der Waals surface area (Å²) in [6.45, 7) is 18.9. The van der Waals surface area contributed by atoms with Crippen molar-refractivity contribution in [1.82, 2.24) is 0 Å². The van der Waals surface area contributed by atoms with Gasteiger partial charge in [0, 0.05) is 12.8 Å². The minimum absolute atomic E-state index is 0.0316. The fourth-order valence-corrected chi connectivity index (χ4v) is 10.3. The van der Waals surface area contributed by atoms with Crippen LogP contribution in [0.3, 0.4) is 0 Å². The Morgan fingerprint density at radius 1 is 1.07 bits per heavy atom. The summed E-state index contributed by atoms with van der Waals surface area (Å²) >= 11 is 0. The molecule has 4 N–H and O–H groups in total. The first-order valence-electron chi connectivity index (χ1n) is 17.2. The Bertz CT molecular complexity index is 1100. The summed E-state index contributed by atoms with van der Waals surface area (Å²) in [7, 11) is 0. The maximum Gasteiger partial charge on any atom is 0.303 e. The van der Waals surface area contributed by atoms with Gasteiger partial charge in [-0.15, -0.1) is 0 Å². The number of aliphatic hydroxyl groups is 4. The van der Waals surface area contributed by atoms with Crippen LogP contribution in [0.1, 0.15) is 99.8 Å². The van der Waals surface area contributed by atoms with Crippen LogP contribution in [0, 0.1) is 46.3 Å². The molecule has 1 aliphatic heterocycles.